The van der Waals surface area contributed by atoms with Crippen LogP contribution in [-0.4, -0.2) is 64.9 Å². The summed E-state index contributed by atoms with van der Waals surface area (Å²) in [5.41, 5.74) is 8.51. The summed E-state index contributed by atoms with van der Waals surface area (Å²) in [5, 5.41) is 0. The molecular weight excluding hydrogens is 532 g/mol. The van der Waals surface area contributed by atoms with Crippen LogP contribution in [0.5, 0.6) is 0 Å². The number of pyridine rings is 1. The Balaban J connectivity index is 1.59. The van der Waals surface area contributed by atoms with Crippen LogP contribution in [0.15, 0.2) is 83.6 Å². The van der Waals surface area contributed by atoms with Crippen LogP contribution in [-0.2, 0) is 10.1 Å². The van der Waals surface area contributed by atoms with Gasteiger partial charge in [-0.25, -0.2) is 18.0 Å². The Bertz CT molecular complexity index is 1800. The van der Waals surface area contributed by atoms with Crippen molar-refractivity contribution < 1.29 is 17.5 Å². The monoisotopic (exact) mass is 568 g/mol. The van der Waals surface area contributed by atoms with Gasteiger partial charge in [0.05, 0.1) is 10.8 Å². The number of rotatable bonds is 6. The second-order valence-corrected chi connectivity index (χ2v) is 12.4. The van der Waals surface area contributed by atoms with Crippen LogP contribution in [0, 0.1) is 33.6 Å². The molecule has 0 amide bonds. The number of hydrogen-bond donors (Lipinski definition) is 0. The van der Waals surface area contributed by atoms with E-state index in [4.69, 9.17) is 0 Å². The molecule has 2 aromatic heterocycles. The van der Waals surface area contributed by atoms with Crippen molar-refractivity contribution in [2.24, 2.45) is 5.92 Å². The zero-order valence-electron chi connectivity index (χ0n) is 24.6. The van der Waals surface area contributed by atoms with Crippen molar-refractivity contribution in [3.05, 3.63) is 112 Å². The number of likely N-dealkylation sites (N-methyl/N-ethyl adjacent to an activating group) is 2. The fraction of sp³-hybridized carbons (Fsp3) is 0.273. The topological polar surface area (TPSA) is 81.3 Å². The average Bonchev–Trinajstić information content (AvgIpc) is 3.19. The lowest BCUT2D eigenvalue weighted by molar-refractivity contribution is -0.527. The summed E-state index contributed by atoms with van der Waals surface area (Å²) in [6.07, 6.45) is 14.5. The first kappa shape index (κ1) is 28.5. The summed E-state index contributed by atoms with van der Waals surface area (Å²) >= 11 is 0. The zero-order chi connectivity index (χ0) is 29.6. The molecule has 8 heteroatoms. The van der Waals surface area contributed by atoms with Gasteiger partial charge in [-0.2, -0.15) is 0 Å². The first-order valence-electron chi connectivity index (χ1n) is 13.6. The fourth-order valence-electron chi connectivity index (χ4n) is 5.85. The second-order valence-electron chi connectivity index (χ2n) is 11.1. The molecule has 41 heavy (non-hydrogen) atoms. The van der Waals surface area contributed by atoms with E-state index in [0.717, 1.165) is 50.9 Å². The molecule has 2 atom stereocenters. The Kier molecular flexibility index (Phi) is 7.48. The number of aromatic nitrogens is 2. The maximum atomic E-state index is 12.3. The highest BCUT2D eigenvalue weighted by atomic mass is 32.2. The predicted octanol–water partition coefficient (Wildman–Crippen LogP) is 5.20. The van der Waals surface area contributed by atoms with Crippen molar-refractivity contribution in [1.82, 2.24) is 14.5 Å². The number of aryl methyl sites for hydroxylation is 3. The summed E-state index contributed by atoms with van der Waals surface area (Å²) in [4.78, 5) is 6.42. The van der Waals surface area contributed by atoms with Gasteiger partial charge in [-0.15, -0.1) is 0 Å². The van der Waals surface area contributed by atoms with Gasteiger partial charge < -0.3 is 14.0 Å². The molecule has 212 valence electrons. The van der Waals surface area contributed by atoms with E-state index in [-0.39, 0.29) is 16.9 Å². The molecule has 0 saturated heterocycles. The zero-order valence-corrected chi connectivity index (χ0v) is 25.4. The van der Waals surface area contributed by atoms with Crippen molar-refractivity contribution in [2.45, 2.75) is 38.6 Å². The van der Waals surface area contributed by atoms with Crippen LogP contribution >= 0.6 is 0 Å². The summed E-state index contributed by atoms with van der Waals surface area (Å²) in [6.45, 7) is 8.15. The van der Waals surface area contributed by atoms with Crippen LogP contribution in [0.2, 0.25) is 0 Å². The summed E-state index contributed by atoms with van der Waals surface area (Å²) < 4.78 is 41.3. The van der Waals surface area contributed by atoms with Crippen LogP contribution < -0.4 is 0 Å². The summed E-state index contributed by atoms with van der Waals surface area (Å²) in [5.74, 6) is 0.921. The van der Waals surface area contributed by atoms with Crippen LogP contribution in [0.3, 0.4) is 0 Å². The van der Waals surface area contributed by atoms with Crippen LogP contribution in [0.25, 0.3) is 17.5 Å². The molecule has 0 fully saturated rings. The molecule has 0 saturated carbocycles. The summed E-state index contributed by atoms with van der Waals surface area (Å²) in [6, 6.07) is 10.9. The van der Waals surface area contributed by atoms with Crippen molar-refractivity contribution in [1.29, 1.82) is 0 Å². The smallest absolute Gasteiger partial charge is 0.199 e. The maximum Gasteiger partial charge on any atom is 0.199 e. The van der Waals surface area contributed by atoms with Gasteiger partial charge in [0.2, 0.25) is 0 Å². The predicted molar refractivity (Wildman–Crippen MR) is 163 cm³/mol. The molecule has 0 radical (unpaired) electrons. The van der Waals surface area contributed by atoms with Crippen molar-refractivity contribution in [3.63, 3.8) is 0 Å². The number of nitrogens with zero attached hydrogens (tertiary/aromatic N) is 4. The number of fused-ring (bicyclic) bond motifs is 1. The molecule has 5 rings (SSSR count). The van der Waals surface area contributed by atoms with Gasteiger partial charge in [0.1, 0.15) is 23.0 Å². The molecule has 3 heterocycles. The van der Waals surface area contributed by atoms with E-state index in [1.165, 1.54) is 6.07 Å². The van der Waals surface area contributed by atoms with E-state index in [9.17, 15) is 13.0 Å². The van der Waals surface area contributed by atoms with E-state index < -0.39 is 10.1 Å². The molecule has 2 unspecified atom stereocenters. The second kappa shape index (κ2) is 10.8. The van der Waals surface area contributed by atoms with Crippen molar-refractivity contribution in [2.75, 3.05) is 21.1 Å². The molecule has 2 aliphatic rings. The first-order valence-corrected chi connectivity index (χ1v) is 15.0. The van der Waals surface area contributed by atoms with Gasteiger partial charge in [-0.1, -0.05) is 29.8 Å². The Hall–Kier alpha value is -4.01. The highest BCUT2D eigenvalue weighted by Crippen LogP contribution is 2.38. The average molecular weight is 569 g/mol. The van der Waals surface area contributed by atoms with Crippen molar-refractivity contribution >= 4 is 27.5 Å². The lowest BCUT2D eigenvalue weighted by Gasteiger charge is -2.32. The van der Waals surface area contributed by atoms with Gasteiger partial charge in [0, 0.05) is 60.7 Å². The highest BCUT2D eigenvalue weighted by molar-refractivity contribution is 7.85. The number of benzene rings is 1. The highest BCUT2D eigenvalue weighted by Gasteiger charge is 2.38. The molecular formula is C33H36N4O3S. The normalized spacial score (nSPS) is 18.9. The number of allylic oxidation sites excluding steroid dienone is 3. The quantitative estimate of drug-likeness (QED) is 0.302. The number of hydrogen-bond acceptors (Lipinski definition) is 5. The maximum absolute atomic E-state index is 12.3. The molecule has 1 aliphatic carbocycles. The standard InChI is InChI=1S/C33H36N4O3S/c1-21-10-15-31(41(38,39)40)29(17-21)30-20-28(35(5)6)19-26-12-14-27(36(7)32(26)30)13-11-25-18-23(3)37(24(25)4)33-22(2)9-8-16-34-33/h8-20,26,32H,1-7H3. The third kappa shape index (κ3) is 5.37. The molecule has 0 spiro atoms. The van der Waals surface area contributed by atoms with Gasteiger partial charge in [0.25, 0.3) is 0 Å². The van der Waals surface area contributed by atoms with Crippen molar-refractivity contribution in [3.8, 4) is 5.82 Å². The molecule has 0 bridgehead atoms. The lowest BCUT2D eigenvalue weighted by atomic mass is 9.81. The van der Waals surface area contributed by atoms with E-state index in [0.29, 0.717) is 5.56 Å². The minimum atomic E-state index is -4.67. The Morgan fingerprint density at radius 1 is 1.07 bits per heavy atom. The lowest BCUT2D eigenvalue weighted by Crippen LogP contribution is -2.39. The van der Waals surface area contributed by atoms with Gasteiger partial charge in [-0.05, 0) is 75.2 Å². The third-order valence-electron chi connectivity index (χ3n) is 7.99. The first-order chi connectivity index (χ1) is 19.4. The molecule has 0 N–H and O–H groups in total. The van der Waals surface area contributed by atoms with E-state index in [1.807, 2.05) is 57.4 Å². The van der Waals surface area contributed by atoms with E-state index in [2.05, 4.69) is 77.4 Å². The molecule has 1 aliphatic heterocycles. The van der Waals surface area contributed by atoms with Gasteiger partial charge in [0.15, 0.2) is 11.8 Å². The van der Waals surface area contributed by atoms with E-state index >= 15 is 0 Å². The Morgan fingerprint density at radius 3 is 2.51 bits per heavy atom. The van der Waals surface area contributed by atoms with Gasteiger partial charge in [-0.3, -0.25) is 0 Å². The molecule has 7 nitrogen and oxygen atoms in total. The minimum Gasteiger partial charge on any atom is -0.744 e. The van der Waals surface area contributed by atoms with Crippen LogP contribution in [0.4, 0.5) is 0 Å². The minimum absolute atomic E-state index is 0.00513. The molecule has 3 aromatic rings. The van der Waals surface area contributed by atoms with Crippen LogP contribution in [0.1, 0.15) is 33.6 Å². The summed E-state index contributed by atoms with van der Waals surface area (Å²) in [7, 11) is 1.26. The van der Waals surface area contributed by atoms with E-state index in [1.54, 1.807) is 6.07 Å². The molecule has 1 aromatic carbocycles. The fourth-order valence-corrected chi connectivity index (χ4v) is 6.53. The Labute approximate surface area is 242 Å². The Morgan fingerprint density at radius 2 is 1.83 bits per heavy atom. The SMILES string of the molecule is Cc1ccc(S(=O)(=O)[O-])c(C2=CC(N(C)C)=CC3C=CC(/C=C/c4cc(C)n(-c5ncccc5C)c4C)=[N+](C)C23)c1. The van der Waals surface area contributed by atoms with Gasteiger partial charge >= 0.3 is 0 Å². The third-order valence-corrected chi connectivity index (χ3v) is 8.89. The largest absolute Gasteiger partial charge is 0.744 e.